The first kappa shape index (κ1) is 21.3. The van der Waals surface area contributed by atoms with Crippen LogP contribution < -0.4 is 10.8 Å². The van der Waals surface area contributed by atoms with E-state index in [1.807, 2.05) is 22.6 Å². The maximum absolute atomic E-state index is 14.2. The average Bonchev–Trinajstić information content (AvgIpc) is 2.94. The van der Waals surface area contributed by atoms with Gasteiger partial charge < -0.3 is 20.1 Å². The van der Waals surface area contributed by atoms with Gasteiger partial charge in [0.1, 0.15) is 24.3 Å². The second-order valence-electron chi connectivity index (χ2n) is 5.73. The summed E-state index contributed by atoms with van der Waals surface area (Å²) in [5.74, 6) is -1.29. The number of ketones is 1. The molecular formula is C17H19FIN3O5. The predicted molar refractivity (Wildman–Crippen MR) is 104 cm³/mol. The number of benzene rings is 1. The Morgan fingerprint density at radius 2 is 2.07 bits per heavy atom. The summed E-state index contributed by atoms with van der Waals surface area (Å²) >= 11 is 1.98. The zero-order chi connectivity index (χ0) is 20.1. The summed E-state index contributed by atoms with van der Waals surface area (Å²) < 4.78 is 16.3. The van der Waals surface area contributed by atoms with E-state index in [-0.39, 0.29) is 35.2 Å². The van der Waals surface area contributed by atoms with Gasteiger partial charge in [-0.2, -0.15) is 0 Å². The third kappa shape index (κ3) is 5.25. The highest BCUT2D eigenvalue weighted by Gasteiger charge is 2.22. The number of carbonyl (C=O) groups excluding carboxylic acids is 2. The minimum absolute atomic E-state index is 0.0548. The number of aromatic nitrogens is 1. The normalized spacial score (nSPS) is 11.9. The Bertz CT molecular complexity index is 855. The Morgan fingerprint density at radius 1 is 1.37 bits per heavy atom. The zero-order valence-electron chi connectivity index (χ0n) is 14.6. The van der Waals surface area contributed by atoms with Crippen molar-refractivity contribution in [2.45, 2.75) is 13.0 Å². The fourth-order valence-electron chi connectivity index (χ4n) is 2.29. The van der Waals surface area contributed by atoms with Crippen LogP contribution in [0.15, 0.2) is 24.3 Å². The van der Waals surface area contributed by atoms with Crippen LogP contribution in [0.4, 0.5) is 15.9 Å². The second kappa shape index (κ2) is 9.26. The molecule has 0 aliphatic carbocycles. The van der Waals surface area contributed by atoms with Crippen LogP contribution in [-0.4, -0.2) is 45.8 Å². The van der Waals surface area contributed by atoms with E-state index in [0.29, 0.717) is 3.57 Å². The van der Waals surface area contributed by atoms with Crippen molar-refractivity contribution in [3.8, 4) is 0 Å². The van der Waals surface area contributed by atoms with Crippen molar-refractivity contribution in [2.24, 2.45) is 7.05 Å². The van der Waals surface area contributed by atoms with Crippen LogP contribution in [0, 0.1) is 9.39 Å². The molecule has 0 saturated heterocycles. The highest BCUT2D eigenvalue weighted by Crippen LogP contribution is 2.27. The molecule has 10 heteroatoms. The Hall–Kier alpha value is -2.02. The van der Waals surface area contributed by atoms with E-state index in [4.69, 9.17) is 9.94 Å². The van der Waals surface area contributed by atoms with Crippen LogP contribution in [0.25, 0.3) is 0 Å². The minimum atomic E-state index is -1.15. The molecule has 1 aromatic carbocycles. The molecule has 0 saturated carbocycles. The van der Waals surface area contributed by atoms with Gasteiger partial charge in [-0.05, 0) is 46.9 Å². The quantitative estimate of drug-likeness (QED) is 0.254. The summed E-state index contributed by atoms with van der Waals surface area (Å²) in [6.07, 6.45) is -1.15. The van der Waals surface area contributed by atoms with Gasteiger partial charge in [0.2, 0.25) is 0 Å². The molecule has 0 aliphatic rings. The Morgan fingerprint density at radius 3 is 2.67 bits per heavy atom. The summed E-state index contributed by atoms with van der Waals surface area (Å²) in [5.41, 5.74) is 2.55. The molecule has 1 heterocycles. The fraction of sp³-hybridized carbons (Fsp3) is 0.294. The first-order chi connectivity index (χ1) is 12.7. The molecule has 2 rings (SSSR count). The second-order valence-corrected chi connectivity index (χ2v) is 6.98. The largest absolute Gasteiger partial charge is 0.394 e. The molecule has 0 bridgehead atoms. The molecule has 0 unspecified atom stereocenters. The van der Waals surface area contributed by atoms with E-state index in [9.17, 15) is 19.1 Å². The number of halogens is 2. The van der Waals surface area contributed by atoms with Crippen LogP contribution in [0.5, 0.6) is 0 Å². The summed E-state index contributed by atoms with van der Waals surface area (Å²) in [6, 6.07) is 5.90. The lowest BCUT2D eigenvalue weighted by atomic mass is 10.2. The SMILES string of the molecule is CC(=O)c1cc(C(=O)NOC[C@H](O)CO)c(Nc2ccc(I)cc2F)n1C. The number of hydrogen-bond donors (Lipinski definition) is 4. The summed E-state index contributed by atoms with van der Waals surface area (Å²) in [4.78, 5) is 29.1. The molecule has 0 fully saturated rings. The molecule has 4 N–H and O–H groups in total. The van der Waals surface area contributed by atoms with Crippen molar-refractivity contribution < 1.29 is 29.0 Å². The van der Waals surface area contributed by atoms with Gasteiger partial charge in [-0.3, -0.25) is 14.4 Å². The Balaban J connectivity index is 2.31. The van der Waals surface area contributed by atoms with Gasteiger partial charge in [0, 0.05) is 17.5 Å². The van der Waals surface area contributed by atoms with Crippen LogP contribution in [0.3, 0.4) is 0 Å². The lowest BCUT2D eigenvalue weighted by Crippen LogP contribution is -2.30. The number of aliphatic hydroxyl groups excluding tert-OH is 2. The smallest absolute Gasteiger partial charge is 0.278 e. The third-order valence-electron chi connectivity index (χ3n) is 3.67. The minimum Gasteiger partial charge on any atom is -0.394 e. The summed E-state index contributed by atoms with van der Waals surface area (Å²) in [7, 11) is 1.57. The lowest BCUT2D eigenvalue weighted by Gasteiger charge is -2.13. The number of carbonyl (C=O) groups is 2. The van der Waals surface area contributed by atoms with E-state index in [1.165, 1.54) is 29.7 Å². The van der Waals surface area contributed by atoms with Gasteiger partial charge in [-0.1, -0.05) is 0 Å². The number of hydrogen-bond acceptors (Lipinski definition) is 6. The van der Waals surface area contributed by atoms with Gasteiger partial charge in [-0.25, -0.2) is 9.87 Å². The molecule has 2 aromatic rings. The van der Waals surface area contributed by atoms with E-state index < -0.39 is 24.4 Å². The van der Waals surface area contributed by atoms with Crippen molar-refractivity contribution in [2.75, 3.05) is 18.5 Å². The van der Waals surface area contributed by atoms with E-state index in [0.717, 1.165) is 0 Å². The Kier molecular flexibility index (Phi) is 7.30. The highest BCUT2D eigenvalue weighted by atomic mass is 127. The first-order valence-electron chi connectivity index (χ1n) is 7.88. The van der Waals surface area contributed by atoms with Gasteiger partial charge >= 0.3 is 0 Å². The standard InChI is InChI=1S/C17H19FIN3O5/c1-9(24)15-6-12(17(26)21-27-8-11(25)7-23)16(22(15)2)20-14-4-3-10(19)5-13(14)18/h3-6,11,20,23,25H,7-8H2,1-2H3,(H,21,26)/t11-/m1/s1. The fourth-order valence-corrected chi connectivity index (χ4v) is 2.75. The third-order valence-corrected chi connectivity index (χ3v) is 4.34. The van der Waals surface area contributed by atoms with Crippen LogP contribution in [0.2, 0.25) is 0 Å². The molecule has 146 valence electrons. The van der Waals surface area contributed by atoms with E-state index in [1.54, 1.807) is 13.1 Å². The summed E-state index contributed by atoms with van der Waals surface area (Å²) in [5, 5.41) is 20.8. The number of nitrogens with one attached hydrogen (secondary N) is 2. The number of rotatable bonds is 8. The van der Waals surface area contributed by atoms with Crippen molar-refractivity contribution in [3.05, 3.63) is 44.9 Å². The molecule has 8 nitrogen and oxygen atoms in total. The highest BCUT2D eigenvalue weighted by molar-refractivity contribution is 14.1. The van der Waals surface area contributed by atoms with Crippen molar-refractivity contribution in [1.82, 2.24) is 10.0 Å². The number of aliphatic hydroxyl groups is 2. The molecule has 1 amide bonds. The monoisotopic (exact) mass is 491 g/mol. The molecule has 0 aliphatic heterocycles. The molecule has 1 atom stereocenters. The van der Waals surface area contributed by atoms with Crippen molar-refractivity contribution in [1.29, 1.82) is 0 Å². The van der Waals surface area contributed by atoms with Gasteiger partial charge in [0.15, 0.2) is 5.78 Å². The zero-order valence-corrected chi connectivity index (χ0v) is 16.8. The number of amides is 1. The average molecular weight is 491 g/mol. The molecular weight excluding hydrogens is 472 g/mol. The van der Waals surface area contributed by atoms with Gasteiger partial charge in [-0.15, -0.1) is 0 Å². The molecule has 1 aromatic heterocycles. The molecule has 0 radical (unpaired) electrons. The van der Waals surface area contributed by atoms with Crippen molar-refractivity contribution >= 4 is 45.8 Å². The number of hydroxylamine groups is 1. The summed E-state index contributed by atoms with van der Waals surface area (Å²) in [6.45, 7) is 0.512. The first-order valence-corrected chi connectivity index (χ1v) is 8.96. The van der Waals surface area contributed by atoms with Gasteiger partial charge in [0.05, 0.1) is 23.6 Å². The predicted octanol–water partition coefficient (Wildman–Crippen LogP) is 1.73. The topological polar surface area (TPSA) is 113 Å². The van der Waals surface area contributed by atoms with Crippen LogP contribution >= 0.6 is 22.6 Å². The Labute approximate surface area is 168 Å². The van der Waals surface area contributed by atoms with Crippen molar-refractivity contribution in [3.63, 3.8) is 0 Å². The number of anilines is 2. The molecule has 0 spiro atoms. The maximum Gasteiger partial charge on any atom is 0.278 e. The van der Waals surface area contributed by atoms with Crippen LogP contribution in [-0.2, 0) is 11.9 Å². The molecule has 27 heavy (non-hydrogen) atoms. The maximum atomic E-state index is 14.2. The number of Topliss-reactive ketones (excluding diaryl/α,β-unsaturated/α-hetero) is 1. The van der Waals surface area contributed by atoms with Crippen LogP contribution in [0.1, 0.15) is 27.8 Å². The van der Waals surface area contributed by atoms with Gasteiger partial charge in [0.25, 0.3) is 5.91 Å². The van der Waals surface area contributed by atoms with E-state index >= 15 is 0 Å². The van der Waals surface area contributed by atoms with E-state index in [2.05, 4.69) is 10.8 Å². The number of nitrogens with zero attached hydrogens (tertiary/aromatic N) is 1. The lowest BCUT2D eigenvalue weighted by molar-refractivity contribution is -0.0295.